The van der Waals surface area contributed by atoms with Crippen molar-refractivity contribution in [3.8, 4) is 5.75 Å². The summed E-state index contributed by atoms with van der Waals surface area (Å²) in [6.45, 7) is 5.53. The number of aromatic nitrogens is 3. The van der Waals surface area contributed by atoms with E-state index in [2.05, 4.69) is 20.1 Å². The number of anilines is 4. The van der Waals surface area contributed by atoms with E-state index in [0.717, 1.165) is 16.9 Å². The molecule has 0 atom stereocenters. The molecular formula is C23H26N6O6S2. The lowest BCUT2D eigenvalue weighted by Gasteiger charge is -2.35. The second-order valence-electron chi connectivity index (χ2n) is 8.67. The number of aromatic carboxylic acids is 1. The summed E-state index contributed by atoms with van der Waals surface area (Å²) in [4.78, 5) is 29.8. The second-order valence-corrected chi connectivity index (χ2v) is 11.7. The quantitative estimate of drug-likeness (QED) is 0.448. The molecule has 0 bridgehead atoms. The van der Waals surface area contributed by atoms with E-state index in [1.54, 1.807) is 31.2 Å². The third-order valence-corrected chi connectivity index (χ3v) is 8.17. The number of hydrogen-bond acceptors (Lipinski definition) is 12. The molecule has 4 heterocycles. The molecule has 2 aliphatic heterocycles. The number of carbonyl (C=O) groups is 1. The van der Waals surface area contributed by atoms with E-state index in [-0.39, 0.29) is 15.7 Å². The fraction of sp³-hybridized carbons (Fsp3) is 0.391. The van der Waals surface area contributed by atoms with Crippen LogP contribution in [-0.2, 0) is 21.1 Å². The minimum atomic E-state index is -3.28. The number of fused-ring (bicyclic) bond motifs is 1. The summed E-state index contributed by atoms with van der Waals surface area (Å²) in [5.41, 5.74) is 1.33. The van der Waals surface area contributed by atoms with Crippen LogP contribution in [0.3, 0.4) is 0 Å². The minimum absolute atomic E-state index is 0.149. The average molecular weight is 547 g/mol. The van der Waals surface area contributed by atoms with Crippen molar-refractivity contribution in [3.05, 3.63) is 40.4 Å². The Balaban J connectivity index is 1.50. The molecule has 1 saturated heterocycles. The number of morpholine rings is 1. The van der Waals surface area contributed by atoms with Crippen molar-refractivity contribution in [2.45, 2.75) is 18.4 Å². The average Bonchev–Trinajstić information content (AvgIpc) is 3.24. The number of rotatable bonds is 7. The monoisotopic (exact) mass is 546 g/mol. The van der Waals surface area contributed by atoms with Gasteiger partial charge in [-0.2, -0.15) is 9.97 Å². The van der Waals surface area contributed by atoms with Gasteiger partial charge < -0.3 is 24.4 Å². The van der Waals surface area contributed by atoms with Gasteiger partial charge in [0.25, 0.3) is 0 Å². The number of carboxylic acids is 1. The van der Waals surface area contributed by atoms with Crippen LogP contribution in [0.2, 0.25) is 0 Å². The molecule has 3 aromatic rings. The number of benzene rings is 1. The first-order valence-electron chi connectivity index (χ1n) is 11.6. The van der Waals surface area contributed by atoms with Gasteiger partial charge in [0.15, 0.2) is 26.6 Å². The zero-order valence-corrected chi connectivity index (χ0v) is 21.9. The van der Waals surface area contributed by atoms with Crippen molar-refractivity contribution in [3.63, 3.8) is 0 Å². The summed E-state index contributed by atoms with van der Waals surface area (Å²) in [5, 5.41) is 12.8. The molecule has 5 rings (SSSR count). The van der Waals surface area contributed by atoms with E-state index in [9.17, 15) is 18.3 Å². The standard InChI is InChI=1S/C23H26N6O6S2/c1-14-18(21(30)31)36-23(24-14)27-22-25-19(28-7-10-34-11-8-28)17-20(26-22)29(9-12-35-17)13-15-3-5-16(6-4-15)37(2,32)33/h3-6H,7-13H2,1-2H3,(H,30,31)(H,24,25,26,27). The summed E-state index contributed by atoms with van der Waals surface area (Å²) >= 11 is 1.02. The SMILES string of the molecule is Cc1nc(Nc2nc(N3CCOCC3)c3c(n2)N(Cc2ccc(S(C)(=O)=O)cc2)CCO3)sc1C(=O)O. The Bertz CT molecular complexity index is 1420. The molecule has 12 nitrogen and oxygen atoms in total. The Kier molecular flexibility index (Phi) is 6.88. The molecule has 37 heavy (non-hydrogen) atoms. The van der Waals surface area contributed by atoms with Gasteiger partial charge in [-0.3, -0.25) is 5.32 Å². The minimum Gasteiger partial charge on any atom is -0.485 e. The molecule has 2 aliphatic rings. The fourth-order valence-corrected chi connectivity index (χ4v) is 5.57. The lowest BCUT2D eigenvalue weighted by molar-refractivity contribution is 0.0701. The Morgan fingerprint density at radius 3 is 2.43 bits per heavy atom. The van der Waals surface area contributed by atoms with Crippen molar-refractivity contribution in [1.29, 1.82) is 0 Å². The number of aryl methyl sites for hydroxylation is 1. The zero-order valence-electron chi connectivity index (χ0n) is 20.3. The van der Waals surface area contributed by atoms with E-state index in [1.165, 1.54) is 6.26 Å². The number of carboxylic acid groups (broad SMARTS) is 1. The topological polar surface area (TPSA) is 147 Å². The van der Waals surface area contributed by atoms with Gasteiger partial charge in [-0.1, -0.05) is 23.5 Å². The van der Waals surface area contributed by atoms with Crippen molar-refractivity contribution in [2.24, 2.45) is 0 Å². The van der Waals surface area contributed by atoms with E-state index in [0.29, 0.717) is 74.2 Å². The van der Waals surface area contributed by atoms with E-state index >= 15 is 0 Å². The molecule has 1 aromatic carbocycles. The smallest absolute Gasteiger partial charge is 0.347 e. The van der Waals surface area contributed by atoms with Gasteiger partial charge >= 0.3 is 5.97 Å². The number of thiazole rings is 1. The first kappa shape index (κ1) is 25.2. The van der Waals surface area contributed by atoms with Crippen LogP contribution >= 0.6 is 11.3 Å². The maximum Gasteiger partial charge on any atom is 0.347 e. The predicted molar refractivity (Wildman–Crippen MR) is 138 cm³/mol. The van der Waals surface area contributed by atoms with Crippen LogP contribution in [0.1, 0.15) is 20.9 Å². The van der Waals surface area contributed by atoms with Gasteiger partial charge in [-0.15, -0.1) is 0 Å². The lowest BCUT2D eigenvalue weighted by atomic mass is 10.2. The van der Waals surface area contributed by atoms with Gasteiger partial charge in [0.1, 0.15) is 11.5 Å². The van der Waals surface area contributed by atoms with Gasteiger partial charge in [-0.25, -0.2) is 18.2 Å². The van der Waals surface area contributed by atoms with Crippen LogP contribution in [0.4, 0.5) is 22.7 Å². The number of nitrogens with one attached hydrogen (secondary N) is 1. The molecule has 2 N–H and O–H groups in total. The molecule has 0 aliphatic carbocycles. The predicted octanol–water partition coefficient (Wildman–Crippen LogP) is 2.32. The molecule has 14 heteroatoms. The summed E-state index contributed by atoms with van der Waals surface area (Å²) < 4.78 is 35.2. The molecule has 0 unspecified atom stereocenters. The van der Waals surface area contributed by atoms with Crippen LogP contribution in [0, 0.1) is 6.92 Å². The van der Waals surface area contributed by atoms with Crippen LogP contribution in [0.5, 0.6) is 5.75 Å². The van der Waals surface area contributed by atoms with Crippen LogP contribution in [0.25, 0.3) is 0 Å². The normalized spacial score (nSPS) is 15.7. The van der Waals surface area contributed by atoms with Crippen LogP contribution in [0.15, 0.2) is 29.2 Å². The number of sulfone groups is 1. The summed E-state index contributed by atoms with van der Waals surface area (Å²) in [6.07, 6.45) is 1.18. The molecule has 0 amide bonds. The second kappa shape index (κ2) is 10.1. The van der Waals surface area contributed by atoms with Gasteiger partial charge in [0.05, 0.1) is 30.3 Å². The number of ether oxygens (including phenoxy) is 2. The maximum absolute atomic E-state index is 11.8. The Labute approximate surface area is 217 Å². The highest BCUT2D eigenvalue weighted by molar-refractivity contribution is 7.90. The molecule has 0 spiro atoms. The lowest BCUT2D eigenvalue weighted by Crippen LogP contribution is -2.39. The zero-order chi connectivity index (χ0) is 26.2. The molecule has 2 aromatic heterocycles. The largest absolute Gasteiger partial charge is 0.485 e. The first-order valence-corrected chi connectivity index (χ1v) is 14.3. The number of nitrogens with zero attached hydrogens (tertiary/aromatic N) is 5. The highest BCUT2D eigenvalue weighted by Crippen LogP contribution is 2.40. The Morgan fingerprint density at radius 2 is 1.78 bits per heavy atom. The third-order valence-electron chi connectivity index (χ3n) is 5.98. The maximum atomic E-state index is 11.8. The van der Waals surface area contributed by atoms with Gasteiger partial charge in [-0.05, 0) is 24.6 Å². The molecule has 0 saturated carbocycles. The third kappa shape index (κ3) is 5.45. The Morgan fingerprint density at radius 1 is 1.08 bits per heavy atom. The van der Waals surface area contributed by atoms with Crippen molar-refractivity contribution < 1.29 is 27.8 Å². The van der Waals surface area contributed by atoms with Gasteiger partial charge in [0.2, 0.25) is 11.7 Å². The molecule has 0 radical (unpaired) electrons. The summed E-state index contributed by atoms with van der Waals surface area (Å²) in [5.74, 6) is 1.01. The van der Waals surface area contributed by atoms with E-state index < -0.39 is 15.8 Å². The van der Waals surface area contributed by atoms with Crippen LogP contribution in [-0.4, -0.2) is 80.2 Å². The number of hydrogen-bond donors (Lipinski definition) is 2. The summed E-state index contributed by atoms with van der Waals surface area (Å²) in [6, 6.07) is 6.78. The van der Waals surface area contributed by atoms with Gasteiger partial charge in [0, 0.05) is 25.9 Å². The highest BCUT2D eigenvalue weighted by atomic mass is 32.2. The molecule has 196 valence electrons. The van der Waals surface area contributed by atoms with E-state index in [4.69, 9.17) is 19.4 Å². The summed E-state index contributed by atoms with van der Waals surface area (Å²) in [7, 11) is -3.28. The molecule has 1 fully saturated rings. The fourth-order valence-electron chi connectivity index (χ4n) is 4.14. The van der Waals surface area contributed by atoms with E-state index in [1.807, 2.05) is 0 Å². The van der Waals surface area contributed by atoms with Crippen molar-refractivity contribution in [1.82, 2.24) is 15.0 Å². The molecular weight excluding hydrogens is 520 g/mol. The van der Waals surface area contributed by atoms with Crippen molar-refractivity contribution >= 4 is 49.9 Å². The first-order chi connectivity index (χ1) is 17.7. The Hall–Kier alpha value is -3.49. The van der Waals surface area contributed by atoms with Crippen molar-refractivity contribution in [2.75, 3.05) is 60.8 Å². The highest BCUT2D eigenvalue weighted by Gasteiger charge is 2.29. The van der Waals surface area contributed by atoms with Crippen LogP contribution < -0.4 is 19.9 Å².